The third-order valence-electron chi connectivity index (χ3n) is 5.91. The Bertz CT molecular complexity index is 588. The molecular weight excluding hydrogens is 340 g/mol. The molecule has 1 amide bonds. The summed E-state index contributed by atoms with van der Waals surface area (Å²) in [6.45, 7) is 8.88. The van der Waals surface area contributed by atoms with E-state index in [0.717, 1.165) is 49.6 Å². The van der Waals surface area contributed by atoms with Gasteiger partial charge >= 0.3 is 0 Å². The molecular formula is C22H34N2O3. The van der Waals surface area contributed by atoms with Gasteiger partial charge in [-0.15, -0.1) is 0 Å². The highest BCUT2D eigenvalue weighted by molar-refractivity contribution is 5.97. The largest absolute Gasteiger partial charge is 0.492 e. The highest BCUT2D eigenvalue weighted by Crippen LogP contribution is 2.34. The summed E-state index contributed by atoms with van der Waals surface area (Å²) in [5, 5.41) is 3.02. The molecule has 1 saturated heterocycles. The lowest BCUT2D eigenvalue weighted by atomic mass is 9.99. The molecule has 0 radical (unpaired) electrons. The van der Waals surface area contributed by atoms with E-state index in [1.807, 2.05) is 31.2 Å². The third-order valence-corrected chi connectivity index (χ3v) is 5.91. The zero-order chi connectivity index (χ0) is 19.1. The van der Waals surface area contributed by atoms with E-state index < -0.39 is 5.60 Å². The molecule has 1 aromatic rings. The van der Waals surface area contributed by atoms with Crippen LogP contribution in [0.2, 0.25) is 0 Å². The molecule has 0 atom stereocenters. The van der Waals surface area contributed by atoms with Crippen LogP contribution in [0.4, 0.5) is 5.69 Å². The topological polar surface area (TPSA) is 50.8 Å². The fourth-order valence-corrected chi connectivity index (χ4v) is 4.12. The van der Waals surface area contributed by atoms with Crippen LogP contribution in [0.15, 0.2) is 24.3 Å². The normalized spacial score (nSPS) is 20.5. The van der Waals surface area contributed by atoms with Crippen LogP contribution in [-0.2, 0) is 9.53 Å². The maximum atomic E-state index is 12.7. The van der Waals surface area contributed by atoms with Gasteiger partial charge in [0.15, 0.2) is 0 Å². The van der Waals surface area contributed by atoms with Crippen LogP contribution in [0.25, 0.3) is 0 Å². The average molecular weight is 375 g/mol. The highest BCUT2D eigenvalue weighted by Gasteiger charge is 2.41. The van der Waals surface area contributed by atoms with Crippen molar-refractivity contribution in [2.75, 3.05) is 38.2 Å². The number of rotatable bonds is 8. The summed E-state index contributed by atoms with van der Waals surface area (Å²) < 4.78 is 11.7. The number of carbonyl (C=O) groups excluding carboxylic acids is 1. The number of nitrogens with zero attached hydrogens (tertiary/aromatic N) is 1. The van der Waals surface area contributed by atoms with Crippen molar-refractivity contribution in [3.8, 4) is 5.75 Å². The van der Waals surface area contributed by atoms with Gasteiger partial charge in [0.05, 0.1) is 0 Å². The summed E-state index contributed by atoms with van der Waals surface area (Å²) in [5.74, 6) is 1.68. The quantitative estimate of drug-likeness (QED) is 0.745. The van der Waals surface area contributed by atoms with Crippen LogP contribution < -0.4 is 10.1 Å². The SMILES string of the molecule is CCOC1(C(=O)Nc2ccc(OCCN3CCC(C)CC3)cc2)CCCC1. The van der Waals surface area contributed by atoms with Crippen LogP contribution in [0.3, 0.4) is 0 Å². The average Bonchev–Trinajstić information content (AvgIpc) is 3.15. The van der Waals surface area contributed by atoms with Crippen molar-refractivity contribution in [3.63, 3.8) is 0 Å². The van der Waals surface area contributed by atoms with Gasteiger partial charge in [0, 0.05) is 18.8 Å². The summed E-state index contributed by atoms with van der Waals surface area (Å²) in [6, 6.07) is 7.67. The minimum absolute atomic E-state index is 0.0187. The van der Waals surface area contributed by atoms with Crippen molar-refractivity contribution < 1.29 is 14.3 Å². The van der Waals surface area contributed by atoms with Gasteiger partial charge in [0.25, 0.3) is 5.91 Å². The summed E-state index contributed by atoms with van der Waals surface area (Å²) in [5.41, 5.74) is 0.152. The van der Waals surface area contributed by atoms with Crippen LogP contribution in [0.1, 0.15) is 52.4 Å². The molecule has 0 aromatic heterocycles. The number of hydrogen-bond donors (Lipinski definition) is 1. The second-order valence-electron chi connectivity index (χ2n) is 7.99. The molecule has 1 aromatic carbocycles. The van der Waals surface area contributed by atoms with Gasteiger partial charge in [-0.2, -0.15) is 0 Å². The van der Waals surface area contributed by atoms with Crippen molar-refractivity contribution >= 4 is 11.6 Å². The fraction of sp³-hybridized carbons (Fsp3) is 0.682. The van der Waals surface area contributed by atoms with Gasteiger partial charge in [0.2, 0.25) is 0 Å². The Balaban J connectivity index is 1.45. The standard InChI is InChI=1S/C22H34N2O3/c1-3-27-22(12-4-5-13-22)21(25)23-19-6-8-20(9-7-19)26-17-16-24-14-10-18(2)11-15-24/h6-9,18H,3-5,10-17H2,1-2H3,(H,23,25). The van der Waals surface area contributed by atoms with Crippen molar-refractivity contribution in [2.24, 2.45) is 5.92 Å². The van der Waals surface area contributed by atoms with Crippen LogP contribution in [0, 0.1) is 5.92 Å². The third kappa shape index (κ3) is 5.45. The molecule has 1 N–H and O–H groups in total. The molecule has 150 valence electrons. The zero-order valence-corrected chi connectivity index (χ0v) is 16.8. The molecule has 0 spiro atoms. The van der Waals surface area contributed by atoms with E-state index >= 15 is 0 Å². The molecule has 2 fully saturated rings. The Kier molecular flexibility index (Phi) is 7.13. The number of benzene rings is 1. The van der Waals surface area contributed by atoms with E-state index in [4.69, 9.17) is 9.47 Å². The van der Waals surface area contributed by atoms with E-state index in [9.17, 15) is 4.79 Å². The van der Waals surface area contributed by atoms with Crippen molar-refractivity contribution in [3.05, 3.63) is 24.3 Å². The maximum absolute atomic E-state index is 12.7. The number of likely N-dealkylation sites (tertiary alicyclic amines) is 1. The van der Waals surface area contributed by atoms with Gasteiger partial charge in [-0.05, 0) is 88.7 Å². The summed E-state index contributed by atoms with van der Waals surface area (Å²) in [6.07, 6.45) is 6.30. The summed E-state index contributed by atoms with van der Waals surface area (Å²) in [7, 11) is 0. The predicted octanol–water partition coefficient (Wildman–Crippen LogP) is 4.09. The second-order valence-corrected chi connectivity index (χ2v) is 7.99. The molecule has 3 rings (SSSR count). The Labute approximate surface area is 163 Å². The fourth-order valence-electron chi connectivity index (χ4n) is 4.12. The summed E-state index contributed by atoms with van der Waals surface area (Å²) in [4.78, 5) is 15.2. The number of amides is 1. The Morgan fingerprint density at radius 1 is 1.19 bits per heavy atom. The van der Waals surface area contributed by atoms with E-state index in [1.165, 1.54) is 25.9 Å². The van der Waals surface area contributed by atoms with Gasteiger partial charge in [0.1, 0.15) is 18.0 Å². The zero-order valence-electron chi connectivity index (χ0n) is 16.8. The van der Waals surface area contributed by atoms with Crippen LogP contribution in [-0.4, -0.2) is 49.3 Å². The lowest BCUT2D eigenvalue weighted by Crippen LogP contribution is -2.43. The van der Waals surface area contributed by atoms with Gasteiger partial charge in [-0.25, -0.2) is 0 Å². The van der Waals surface area contributed by atoms with Crippen LogP contribution in [0.5, 0.6) is 5.75 Å². The molecule has 1 aliphatic heterocycles. The summed E-state index contributed by atoms with van der Waals surface area (Å²) >= 11 is 0. The first-order valence-electron chi connectivity index (χ1n) is 10.5. The first-order valence-corrected chi connectivity index (χ1v) is 10.5. The van der Waals surface area contributed by atoms with E-state index in [1.54, 1.807) is 0 Å². The van der Waals surface area contributed by atoms with Crippen LogP contribution >= 0.6 is 0 Å². The first kappa shape index (κ1) is 20.2. The lowest BCUT2D eigenvalue weighted by molar-refractivity contribution is -0.140. The molecule has 0 unspecified atom stereocenters. The van der Waals surface area contributed by atoms with E-state index in [0.29, 0.717) is 13.2 Å². The number of anilines is 1. The van der Waals surface area contributed by atoms with Crippen molar-refractivity contribution in [1.29, 1.82) is 0 Å². The Morgan fingerprint density at radius 3 is 2.48 bits per heavy atom. The predicted molar refractivity (Wildman–Crippen MR) is 108 cm³/mol. The highest BCUT2D eigenvalue weighted by atomic mass is 16.5. The number of ether oxygens (including phenoxy) is 2. The van der Waals surface area contributed by atoms with Crippen molar-refractivity contribution in [2.45, 2.75) is 58.0 Å². The molecule has 5 nitrogen and oxygen atoms in total. The van der Waals surface area contributed by atoms with Gasteiger partial charge in [-0.3, -0.25) is 9.69 Å². The minimum Gasteiger partial charge on any atom is -0.492 e. The number of nitrogens with one attached hydrogen (secondary N) is 1. The van der Waals surface area contributed by atoms with E-state index in [-0.39, 0.29) is 5.91 Å². The maximum Gasteiger partial charge on any atom is 0.256 e. The molecule has 1 aliphatic carbocycles. The second kappa shape index (κ2) is 9.56. The molecule has 1 heterocycles. The molecule has 5 heteroatoms. The minimum atomic E-state index is -0.643. The lowest BCUT2D eigenvalue weighted by Gasteiger charge is -2.29. The number of hydrogen-bond acceptors (Lipinski definition) is 4. The molecule has 2 aliphatic rings. The molecule has 27 heavy (non-hydrogen) atoms. The van der Waals surface area contributed by atoms with E-state index in [2.05, 4.69) is 17.1 Å². The molecule has 1 saturated carbocycles. The number of piperidine rings is 1. The van der Waals surface area contributed by atoms with Gasteiger partial charge < -0.3 is 14.8 Å². The monoisotopic (exact) mass is 374 g/mol. The molecule has 0 bridgehead atoms. The Morgan fingerprint density at radius 2 is 1.85 bits per heavy atom. The Hall–Kier alpha value is -1.59. The first-order chi connectivity index (χ1) is 13.1. The smallest absolute Gasteiger partial charge is 0.256 e. The van der Waals surface area contributed by atoms with Crippen molar-refractivity contribution in [1.82, 2.24) is 4.90 Å². The van der Waals surface area contributed by atoms with Gasteiger partial charge in [-0.1, -0.05) is 6.92 Å². The number of carbonyl (C=O) groups is 1.